The lowest BCUT2D eigenvalue weighted by molar-refractivity contribution is 0.154. The standard InChI is InChI=1S/C16H24BrNO/c1-12(2)18-11-13-8-9-16(15(17)10-13)19-14-6-4-3-5-7-14/h8-10,12,14,18H,3-7,11H2,1-2H3. The molecule has 2 rings (SSSR count). The second-order valence-electron chi connectivity index (χ2n) is 5.68. The second-order valence-corrected chi connectivity index (χ2v) is 6.53. The van der Waals surface area contributed by atoms with Crippen molar-refractivity contribution in [3.8, 4) is 5.75 Å². The van der Waals surface area contributed by atoms with E-state index in [4.69, 9.17) is 4.74 Å². The maximum absolute atomic E-state index is 6.10. The molecule has 0 amide bonds. The number of benzene rings is 1. The predicted octanol–water partition coefficient (Wildman–Crippen LogP) is 4.66. The highest BCUT2D eigenvalue weighted by atomic mass is 79.9. The van der Waals surface area contributed by atoms with Crippen LogP contribution in [0, 0.1) is 0 Å². The molecule has 3 heteroatoms. The molecule has 0 aliphatic heterocycles. The van der Waals surface area contributed by atoms with E-state index >= 15 is 0 Å². The number of hydrogen-bond acceptors (Lipinski definition) is 2. The molecule has 0 radical (unpaired) electrons. The number of rotatable bonds is 5. The molecule has 0 saturated heterocycles. The van der Waals surface area contributed by atoms with E-state index in [9.17, 15) is 0 Å². The van der Waals surface area contributed by atoms with E-state index in [-0.39, 0.29) is 0 Å². The first-order valence-electron chi connectivity index (χ1n) is 7.33. The lowest BCUT2D eigenvalue weighted by atomic mass is 9.98. The van der Waals surface area contributed by atoms with Gasteiger partial charge in [-0.15, -0.1) is 0 Å². The Labute approximate surface area is 125 Å². The summed E-state index contributed by atoms with van der Waals surface area (Å²) < 4.78 is 7.17. The molecule has 1 aliphatic rings. The molecule has 0 atom stereocenters. The summed E-state index contributed by atoms with van der Waals surface area (Å²) in [5, 5.41) is 3.43. The van der Waals surface area contributed by atoms with E-state index in [0.29, 0.717) is 12.1 Å². The van der Waals surface area contributed by atoms with Crippen molar-refractivity contribution >= 4 is 15.9 Å². The van der Waals surface area contributed by atoms with Gasteiger partial charge in [-0.1, -0.05) is 26.3 Å². The number of ether oxygens (including phenoxy) is 1. The maximum Gasteiger partial charge on any atom is 0.133 e. The van der Waals surface area contributed by atoms with Gasteiger partial charge in [-0.05, 0) is 59.3 Å². The Morgan fingerprint density at radius 3 is 2.63 bits per heavy atom. The first-order valence-corrected chi connectivity index (χ1v) is 8.13. The van der Waals surface area contributed by atoms with Crippen LogP contribution in [0.4, 0.5) is 0 Å². The summed E-state index contributed by atoms with van der Waals surface area (Å²) in [6, 6.07) is 6.92. The summed E-state index contributed by atoms with van der Waals surface area (Å²) in [7, 11) is 0. The zero-order valence-corrected chi connectivity index (χ0v) is 13.5. The van der Waals surface area contributed by atoms with Crippen LogP contribution in [-0.2, 0) is 6.54 Å². The summed E-state index contributed by atoms with van der Waals surface area (Å²) in [6.07, 6.45) is 6.77. The summed E-state index contributed by atoms with van der Waals surface area (Å²) in [6.45, 7) is 5.23. The monoisotopic (exact) mass is 325 g/mol. The lowest BCUT2D eigenvalue weighted by Gasteiger charge is -2.23. The second kappa shape index (κ2) is 7.30. The van der Waals surface area contributed by atoms with E-state index in [1.54, 1.807) is 0 Å². The molecule has 0 bridgehead atoms. The molecule has 1 aromatic rings. The van der Waals surface area contributed by atoms with E-state index in [1.807, 2.05) is 0 Å². The Morgan fingerprint density at radius 2 is 2.00 bits per heavy atom. The third kappa shape index (κ3) is 4.81. The third-order valence-corrected chi connectivity index (χ3v) is 4.18. The molecule has 1 aliphatic carbocycles. The molecule has 1 N–H and O–H groups in total. The SMILES string of the molecule is CC(C)NCc1ccc(OC2CCCCC2)c(Br)c1. The molecular weight excluding hydrogens is 302 g/mol. The minimum Gasteiger partial charge on any atom is -0.489 e. The van der Waals surface area contributed by atoms with Gasteiger partial charge < -0.3 is 10.1 Å². The average molecular weight is 326 g/mol. The third-order valence-electron chi connectivity index (χ3n) is 3.56. The molecule has 1 fully saturated rings. The van der Waals surface area contributed by atoms with Gasteiger partial charge in [0.1, 0.15) is 5.75 Å². The quantitative estimate of drug-likeness (QED) is 0.850. The van der Waals surface area contributed by atoms with Crippen LogP contribution in [0.2, 0.25) is 0 Å². The highest BCUT2D eigenvalue weighted by Crippen LogP contribution is 2.30. The van der Waals surface area contributed by atoms with E-state index < -0.39 is 0 Å². The average Bonchev–Trinajstić information content (AvgIpc) is 2.40. The number of halogens is 1. The van der Waals surface area contributed by atoms with Crippen molar-refractivity contribution in [3.63, 3.8) is 0 Å². The number of hydrogen-bond donors (Lipinski definition) is 1. The van der Waals surface area contributed by atoms with Crippen molar-refractivity contribution in [3.05, 3.63) is 28.2 Å². The molecule has 0 aromatic heterocycles. The minimum atomic E-state index is 0.407. The Bertz CT molecular complexity index is 400. The summed E-state index contributed by atoms with van der Waals surface area (Å²) in [5.41, 5.74) is 1.29. The van der Waals surface area contributed by atoms with Crippen LogP contribution < -0.4 is 10.1 Å². The van der Waals surface area contributed by atoms with Crippen LogP contribution in [-0.4, -0.2) is 12.1 Å². The Kier molecular flexibility index (Phi) is 5.71. The number of nitrogens with one attached hydrogen (secondary N) is 1. The highest BCUT2D eigenvalue weighted by Gasteiger charge is 2.16. The molecule has 106 valence electrons. The molecule has 0 spiro atoms. The fourth-order valence-corrected chi connectivity index (χ4v) is 2.95. The van der Waals surface area contributed by atoms with Crippen molar-refractivity contribution < 1.29 is 4.74 Å². The van der Waals surface area contributed by atoms with E-state index in [0.717, 1.165) is 16.8 Å². The Hall–Kier alpha value is -0.540. The Morgan fingerprint density at radius 1 is 1.26 bits per heavy atom. The largest absolute Gasteiger partial charge is 0.489 e. The first-order chi connectivity index (χ1) is 9.15. The first kappa shape index (κ1) is 14.9. The summed E-state index contributed by atoms with van der Waals surface area (Å²) in [5.74, 6) is 0.986. The van der Waals surface area contributed by atoms with Gasteiger partial charge in [0.25, 0.3) is 0 Å². The lowest BCUT2D eigenvalue weighted by Crippen LogP contribution is -2.22. The van der Waals surface area contributed by atoms with Gasteiger partial charge in [-0.25, -0.2) is 0 Å². The van der Waals surface area contributed by atoms with Gasteiger partial charge in [0, 0.05) is 12.6 Å². The molecule has 19 heavy (non-hydrogen) atoms. The molecular formula is C16H24BrNO. The fourth-order valence-electron chi connectivity index (χ4n) is 2.43. The van der Waals surface area contributed by atoms with E-state index in [1.165, 1.54) is 37.7 Å². The van der Waals surface area contributed by atoms with Crippen LogP contribution in [0.25, 0.3) is 0 Å². The topological polar surface area (TPSA) is 21.3 Å². The van der Waals surface area contributed by atoms with Crippen molar-refractivity contribution in [1.82, 2.24) is 5.32 Å². The van der Waals surface area contributed by atoms with Gasteiger partial charge >= 0.3 is 0 Å². The van der Waals surface area contributed by atoms with Gasteiger partial charge in [0.05, 0.1) is 10.6 Å². The highest BCUT2D eigenvalue weighted by molar-refractivity contribution is 9.10. The molecule has 0 heterocycles. The van der Waals surface area contributed by atoms with E-state index in [2.05, 4.69) is 53.3 Å². The van der Waals surface area contributed by atoms with Crippen molar-refractivity contribution in [2.75, 3.05) is 0 Å². The predicted molar refractivity (Wildman–Crippen MR) is 83.6 cm³/mol. The van der Waals surface area contributed by atoms with Crippen molar-refractivity contribution in [2.24, 2.45) is 0 Å². The van der Waals surface area contributed by atoms with Crippen LogP contribution in [0.5, 0.6) is 5.75 Å². The zero-order chi connectivity index (χ0) is 13.7. The van der Waals surface area contributed by atoms with Gasteiger partial charge in [-0.2, -0.15) is 0 Å². The van der Waals surface area contributed by atoms with Crippen LogP contribution in [0.3, 0.4) is 0 Å². The van der Waals surface area contributed by atoms with Gasteiger partial charge in [0.2, 0.25) is 0 Å². The molecule has 1 saturated carbocycles. The van der Waals surface area contributed by atoms with Crippen LogP contribution >= 0.6 is 15.9 Å². The zero-order valence-electron chi connectivity index (χ0n) is 11.9. The van der Waals surface area contributed by atoms with Gasteiger partial charge in [-0.3, -0.25) is 0 Å². The van der Waals surface area contributed by atoms with Gasteiger partial charge in [0.15, 0.2) is 0 Å². The van der Waals surface area contributed by atoms with Crippen LogP contribution in [0.1, 0.15) is 51.5 Å². The normalized spacial score (nSPS) is 16.8. The van der Waals surface area contributed by atoms with Crippen LogP contribution in [0.15, 0.2) is 22.7 Å². The molecule has 0 unspecified atom stereocenters. The van der Waals surface area contributed by atoms with Crippen molar-refractivity contribution in [2.45, 2.75) is 64.6 Å². The maximum atomic E-state index is 6.10. The van der Waals surface area contributed by atoms with Crippen molar-refractivity contribution in [1.29, 1.82) is 0 Å². The summed E-state index contributed by atoms with van der Waals surface area (Å²) >= 11 is 3.63. The summed E-state index contributed by atoms with van der Waals surface area (Å²) in [4.78, 5) is 0. The fraction of sp³-hybridized carbons (Fsp3) is 0.625. The smallest absolute Gasteiger partial charge is 0.133 e. The minimum absolute atomic E-state index is 0.407. The Balaban J connectivity index is 1.94. The molecule has 2 nitrogen and oxygen atoms in total. The molecule has 1 aromatic carbocycles.